The molecule has 0 aromatic carbocycles. The van der Waals surface area contributed by atoms with Gasteiger partial charge in [0.1, 0.15) is 48.5 Å². The molecular formula is C32H54N10O14P2Si2. The number of fused-ring (bicyclic) bond motifs is 2. The van der Waals surface area contributed by atoms with Gasteiger partial charge in [-0.2, -0.15) is 4.98 Å². The van der Waals surface area contributed by atoms with Crippen molar-refractivity contribution in [2.75, 3.05) is 24.7 Å². The summed E-state index contributed by atoms with van der Waals surface area (Å²) in [6.07, 6.45) is -7.07. The molecule has 2 saturated heterocycles. The van der Waals surface area contributed by atoms with Crippen LogP contribution < -0.4 is 17.0 Å². The van der Waals surface area contributed by atoms with Gasteiger partial charge in [-0.3, -0.25) is 32.5 Å². The number of rotatable bonds is 14. The Bertz CT molecular complexity index is 2360. The van der Waals surface area contributed by atoms with Crippen molar-refractivity contribution in [2.45, 2.75) is 127 Å². The fourth-order valence-corrected chi connectivity index (χ4v) is 10.5. The molecule has 4 aromatic rings. The van der Waals surface area contributed by atoms with Crippen LogP contribution >= 0.6 is 15.6 Å². The lowest BCUT2D eigenvalue weighted by molar-refractivity contribution is -0.0608. The molecule has 5 unspecified atom stereocenters. The molecule has 24 nitrogen and oxygen atoms in total. The van der Waals surface area contributed by atoms with E-state index in [4.69, 9.17) is 43.4 Å². The molecular weight excluding hydrogens is 867 g/mol. The summed E-state index contributed by atoms with van der Waals surface area (Å²) in [7, 11) is -16.1. The summed E-state index contributed by atoms with van der Waals surface area (Å²) in [5.41, 5.74) is 11.5. The van der Waals surface area contributed by atoms with Crippen LogP contribution in [-0.4, -0.2) is 125 Å². The van der Waals surface area contributed by atoms with E-state index in [0.717, 1.165) is 0 Å². The number of aromatic amines is 1. The number of phosphoric acid groups is 2. The van der Waals surface area contributed by atoms with Crippen LogP contribution in [0.15, 0.2) is 23.8 Å². The topological polar surface area (TPSA) is 339 Å². The van der Waals surface area contributed by atoms with Crippen LogP contribution in [0, 0.1) is 0 Å². The molecule has 2 aliphatic heterocycles. The first-order chi connectivity index (χ1) is 27.5. The molecule has 6 rings (SSSR count). The Kier molecular flexibility index (Phi) is 12.6. The van der Waals surface area contributed by atoms with Gasteiger partial charge in [0, 0.05) is 0 Å². The average Bonchev–Trinajstić information content (AvgIpc) is 3.87. The highest BCUT2D eigenvalue weighted by atomic mass is 31.2. The Morgan fingerprint density at radius 2 is 1.33 bits per heavy atom. The van der Waals surface area contributed by atoms with Gasteiger partial charge < -0.3 is 49.6 Å². The first-order valence-corrected chi connectivity index (χ1v) is 27.7. The van der Waals surface area contributed by atoms with Crippen LogP contribution in [0.5, 0.6) is 0 Å². The van der Waals surface area contributed by atoms with E-state index >= 15 is 0 Å². The van der Waals surface area contributed by atoms with E-state index in [9.17, 15) is 33.7 Å². The number of hydrogen-bond acceptors (Lipinski definition) is 18. The molecule has 2 aliphatic rings. The summed E-state index contributed by atoms with van der Waals surface area (Å²) < 4.78 is 72.2. The van der Waals surface area contributed by atoms with Gasteiger partial charge in [0.2, 0.25) is 5.95 Å². The van der Waals surface area contributed by atoms with Crippen LogP contribution in [0.3, 0.4) is 0 Å². The van der Waals surface area contributed by atoms with Gasteiger partial charge in [-0.15, -0.1) is 0 Å². The summed E-state index contributed by atoms with van der Waals surface area (Å²) >= 11 is 0. The summed E-state index contributed by atoms with van der Waals surface area (Å²) in [4.78, 5) is 67.7. The maximum atomic E-state index is 14.2. The number of anilines is 2. The fraction of sp³-hybridized carbons (Fsp3) is 0.688. The number of phosphoric ester groups is 2. The second kappa shape index (κ2) is 16.3. The van der Waals surface area contributed by atoms with Gasteiger partial charge in [-0.05, 0) is 36.3 Å². The molecule has 6 heterocycles. The number of aliphatic hydroxyl groups is 1. The Labute approximate surface area is 346 Å². The molecule has 60 heavy (non-hydrogen) atoms. The summed E-state index contributed by atoms with van der Waals surface area (Å²) in [6.45, 7) is 18.0. The predicted octanol–water partition coefficient (Wildman–Crippen LogP) is 2.67. The van der Waals surface area contributed by atoms with Gasteiger partial charge >= 0.3 is 15.6 Å². The van der Waals surface area contributed by atoms with Crippen molar-refractivity contribution < 1.29 is 60.8 Å². The third-order valence-corrected chi connectivity index (χ3v) is 22.0. The van der Waals surface area contributed by atoms with Gasteiger partial charge in [-0.1, -0.05) is 41.5 Å². The smallest absolute Gasteiger partial charge is 0.408 e. The minimum atomic E-state index is -5.29. The van der Waals surface area contributed by atoms with E-state index in [1.54, 1.807) is 0 Å². The molecule has 0 saturated carbocycles. The van der Waals surface area contributed by atoms with Crippen molar-refractivity contribution in [3.8, 4) is 0 Å². The van der Waals surface area contributed by atoms with Crippen LogP contribution in [0.4, 0.5) is 11.8 Å². The zero-order valence-corrected chi connectivity index (χ0v) is 38.6. The van der Waals surface area contributed by atoms with Crippen LogP contribution in [0.2, 0.25) is 36.3 Å². The zero-order chi connectivity index (χ0) is 44.5. The number of nitrogens with one attached hydrogen (secondary N) is 1. The highest BCUT2D eigenvalue weighted by molar-refractivity contribution is 7.47. The molecule has 4 aromatic heterocycles. The molecule has 28 heteroatoms. The maximum Gasteiger partial charge on any atom is 0.472 e. The molecule has 0 radical (unpaired) electrons. The van der Waals surface area contributed by atoms with Gasteiger partial charge in [-0.25, -0.2) is 29.1 Å². The number of aromatic nitrogens is 8. The predicted molar refractivity (Wildman–Crippen MR) is 219 cm³/mol. The Morgan fingerprint density at radius 1 is 0.783 bits per heavy atom. The van der Waals surface area contributed by atoms with Gasteiger partial charge in [0.05, 0.1) is 25.9 Å². The second-order valence-electron chi connectivity index (χ2n) is 17.8. The van der Waals surface area contributed by atoms with Gasteiger partial charge in [0.15, 0.2) is 51.7 Å². The van der Waals surface area contributed by atoms with Crippen LogP contribution in [0.25, 0.3) is 22.3 Å². The van der Waals surface area contributed by atoms with E-state index in [0.29, 0.717) is 0 Å². The number of nitrogen functional groups attached to an aromatic ring is 2. The largest absolute Gasteiger partial charge is 0.472 e. The van der Waals surface area contributed by atoms with Crippen molar-refractivity contribution >= 4 is 66.4 Å². The lowest BCUT2D eigenvalue weighted by Crippen LogP contribution is -2.50. The van der Waals surface area contributed by atoms with Crippen molar-refractivity contribution in [3.05, 3.63) is 29.3 Å². The molecule has 0 spiro atoms. The SMILES string of the molecule is CC(C)(C)[Si](C)(C)OC1C(OP(=O)(O)O)[C@@H](COP(=O)(O)OC2C(O[Si](C)(C)C(C)(C)C)[C@@H](CO)O[C@H]2n2cnc3c(=O)[nH]c(N)nc32)O[C@H]1n1cnc2c(N)ncnc21. The van der Waals surface area contributed by atoms with Crippen LogP contribution in [0.1, 0.15) is 54.0 Å². The summed E-state index contributed by atoms with van der Waals surface area (Å²) in [5.74, 6) is -0.186. The number of imidazole rings is 2. The van der Waals surface area contributed by atoms with Crippen molar-refractivity contribution in [1.29, 1.82) is 0 Å². The molecule has 0 aliphatic carbocycles. The minimum Gasteiger partial charge on any atom is -0.408 e. The highest BCUT2D eigenvalue weighted by Gasteiger charge is 2.56. The van der Waals surface area contributed by atoms with E-state index in [1.165, 1.54) is 28.1 Å². The number of nitrogens with two attached hydrogens (primary N) is 2. The third-order valence-electron chi connectivity index (χ3n) is 11.5. The number of H-pyrrole nitrogens is 1. The average molecular weight is 921 g/mol. The molecule has 9 N–H and O–H groups in total. The quantitative estimate of drug-likeness (QED) is 0.0706. The normalized spacial score (nSPS) is 27.0. The number of ether oxygens (including phenoxy) is 2. The Morgan fingerprint density at radius 3 is 1.92 bits per heavy atom. The first-order valence-electron chi connectivity index (χ1n) is 18.9. The lowest BCUT2D eigenvalue weighted by Gasteiger charge is -2.40. The van der Waals surface area contributed by atoms with Crippen molar-refractivity contribution in [2.24, 2.45) is 0 Å². The molecule has 0 amide bonds. The van der Waals surface area contributed by atoms with E-state index in [1.807, 2.05) is 67.7 Å². The third kappa shape index (κ3) is 9.33. The van der Waals surface area contributed by atoms with Crippen LogP contribution in [-0.2, 0) is 41.0 Å². The van der Waals surface area contributed by atoms with E-state index < -0.39 is 105 Å². The second-order valence-corrected chi connectivity index (χ2v) is 29.9. The Hall–Kier alpha value is -3.05. The highest BCUT2D eigenvalue weighted by Crippen LogP contribution is 2.53. The zero-order valence-electron chi connectivity index (χ0n) is 34.8. The summed E-state index contributed by atoms with van der Waals surface area (Å²) in [5, 5.41) is 9.73. The van der Waals surface area contributed by atoms with Crippen molar-refractivity contribution in [1.82, 2.24) is 39.0 Å². The molecule has 2 fully saturated rings. The first kappa shape index (κ1) is 46.5. The monoisotopic (exact) mass is 920 g/mol. The lowest BCUT2D eigenvalue weighted by atomic mass is 10.1. The number of nitrogens with zero attached hydrogens (tertiary/aromatic N) is 7. The van der Waals surface area contributed by atoms with Crippen molar-refractivity contribution in [3.63, 3.8) is 0 Å². The maximum absolute atomic E-state index is 14.2. The summed E-state index contributed by atoms with van der Waals surface area (Å²) in [6, 6.07) is 0. The number of hydrogen-bond donors (Lipinski definition) is 7. The van der Waals surface area contributed by atoms with Gasteiger partial charge in [0.25, 0.3) is 5.56 Å². The molecule has 334 valence electrons. The molecule has 0 bridgehead atoms. The Balaban J connectivity index is 1.37. The minimum absolute atomic E-state index is 0.0529. The van der Waals surface area contributed by atoms with E-state index in [2.05, 4.69) is 29.9 Å². The van der Waals surface area contributed by atoms with E-state index in [-0.39, 0.29) is 39.1 Å². The standard InChI is InChI=1S/C32H54N10O14P2Si2/c1-31(2,3)59(7,8)55-21-16(11-43)51-28(42-15-38-19-26(42)39-30(34)40-27(19)44)22(21)54-58(48,49)50-12-17-20(53-57(45,46)47)23(56-60(9,10)32(4,5)6)29(52-17)41-14-37-18-24(33)35-13-36-25(18)41/h13-17,20-23,28-29,43H,11-12H2,1-10H3,(H,48,49)(H2,33,35,36)(H2,45,46,47)(H3,34,39,40,44)/t16-,17-,20?,21?,22?,23?,28-,29-/m1/s1. The number of aliphatic hydroxyl groups excluding tert-OH is 1. The fourth-order valence-electron chi connectivity index (χ4n) is 6.38. The molecule has 9 atom stereocenters.